The average molecular weight is 240 g/mol. The Morgan fingerprint density at radius 3 is 2.76 bits per heavy atom. The minimum atomic E-state index is -0.883. The molecule has 2 amide bonds. The zero-order valence-electron chi connectivity index (χ0n) is 10.4. The number of carboxylic acid groups (broad SMARTS) is 1. The van der Waals surface area contributed by atoms with E-state index in [0.29, 0.717) is 19.5 Å². The van der Waals surface area contributed by atoms with Gasteiger partial charge in [0.1, 0.15) is 0 Å². The first-order chi connectivity index (χ1) is 8.02. The third-order valence-corrected chi connectivity index (χ3v) is 2.96. The summed E-state index contributed by atoms with van der Waals surface area (Å²) < 4.78 is 0. The highest BCUT2D eigenvalue weighted by Gasteiger charge is 2.19. The van der Waals surface area contributed by atoms with Crippen LogP contribution < -0.4 is 5.32 Å². The molecule has 1 heterocycles. The van der Waals surface area contributed by atoms with Crippen molar-refractivity contribution in [2.75, 3.05) is 13.1 Å². The highest BCUT2D eigenvalue weighted by atomic mass is 16.4. The molecule has 1 atom stereocenters. The predicted octanol–water partition coefficient (Wildman–Crippen LogP) is 1.60. The van der Waals surface area contributed by atoms with Gasteiger partial charge in [-0.2, -0.15) is 0 Å². The average Bonchev–Trinajstić information content (AvgIpc) is 2.28. The molecule has 0 fully saturated rings. The summed E-state index contributed by atoms with van der Waals surface area (Å²) >= 11 is 0. The lowest BCUT2D eigenvalue weighted by Crippen LogP contribution is -2.46. The number of hydrogen-bond acceptors (Lipinski definition) is 2. The molecule has 96 valence electrons. The van der Waals surface area contributed by atoms with Crippen LogP contribution in [0.5, 0.6) is 0 Å². The number of hydrogen-bond donors (Lipinski definition) is 2. The molecular formula is C12H20N2O3. The fraction of sp³-hybridized carbons (Fsp3) is 0.667. The highest BCUT2D eigenvalue weighted by molar-refractivity contribution is 5.76. The molecule has 0 radical (unpaired) electrons. The topological polar surface area (TPSA) is 69.6 Å². The lowest BCUT2D eigenvalue weighted by atomic mass is 10.1. The van der Waals surface area contributed by atoms with Gasteiger partial charge < -0.3 is 15.3 Å². The van der Waals surface area contributed by atoms with Crippen LogP contribution in [0.3, 0.4) is 0 Å². The van der Waals surface area contributed by atoms with Gasteiger partial charge in [0.15, 0.2) is 0 Å². The van der Waals surface area contributed by atoms with Gasteiger partial charge in [0.25, 0.3) is 0 Å². The minimum absolute atomic E-state index is 0.0229. The Morgan fingerprint density at radius 2 is 2.29 bits per heavy atom. The highest BCUT2D eigenvalue weighted by Crippen LogP contribution is 2.10. The Balaban J connectivity index is 2.45. The summed E-state index contributed by atoms with van der Waals surface area (Å²) in [5.74, 6) is -0.883. The molecule has 0 aliphatic carbocycles. The molecule has 0 bridgehead atoms. The van der Waals surface area contributed by atoms with Crippen molar-refractivity contribution < 1.29 is 14.7 Å². The van der Waals surface area contributed by atoms with Crippen molar-refractivity contribution in [2.45, 2.75) is 39.2 Å². The molecule has 0 aromatic heterocycles. The molecule has 5 nitrogen and oxygen atoms in total. The summed E-state index contributed by atoms with van der Waals surface area (Å²) in [6, 6.07) is -0.450. The number of nitrogens with zero attached hydrogens (tertiary/aromatic N) is 1. The lowest BCUT2D eigenvalue weighted by Gasteiger charge is -2.27. The number of carboxylic acids is 1. The maximum atomic E-state index is 11.8. The van der Waals surface area contributed by atoms with Crippen molar-refractivity contribution in [3.05, 3.63) is 11.6 Å². The Labute approximate surface area is 101 Å². The number of carbonyl (C=O) groups is 2. The molecule has 5 heteroatoms. The molecule has 0 aromatic carbocycles. The van der Waals surface area contributed by atoms with Crippen molar-refractivity contribution in [3.8, 4) is 0 Å². The lowest BCUT2D eigenvalue weighted by molar-refractivity contribution is -0.137. The van der Waals surface area contributed by atoms with Gasteiger partial charge in [0.2, 0.25) is 0 Å². The molecule has 1 aliphatic rings. The van der Waals surface area contributed by atoms with Crippen LogP contribution in [-0.2, 0) is 4.79 Å². The monoisotopic (exact) mass is 240 g/mol. The van der Waals surface area contributed by atoms with Gasteiger partial charge in [-0.15, -0.1) is 0 Å². The van der Waals surface area contributed by atoms with E-state index in [1.807, 2.05) is 13.0 Å². The van der Waals surface area contributed by atoms with Gasteiger partial charge >= 0.3 is 12.0 Å². The fourth-order valence-electron chi connectivity index (χ4n) is 1.73. The van der Waals surface area contributed by atoms with Crippen LogP contribution in [0.1, 0.15) is 33.1 Å². The number of nitrogens with one attached hydrogen (secondary N) is 1. The zero-order chi connectivity index (χ0) is 12.8. The van der Waals surface area contributed by atoms with E-state index in [4.69, 9.17) is 5.11 Å². The minimum Gasteiger partial charge on any atom is -0.481 e. The van der Waals surface area contributed by atoms with Crippen LogP contribution in [0.25, 0.3) is 0 Å². The maximum Gasteiger partial charge on any atom is 0.317 e. The number of urea groups is 1. The molecule has 0 saturated carbocycles. The molecule has 1 aliphatic heterocycles. The second-order valence-electron chi connectivity index (χ2n) is 4.40. The Bertz CT molecular complexity index is 326. The van der Waals surface area contributed by atoms with E-state index in [1.54, 1.807) is 4.90 Å². The van der Waals surface area contributed by atoms with Crippen molar-refractivity contribution in [1.29, 1.82) is 0 Å². The van der Waals surface area contributed by atoms with Crippen molar-refractivity contribution >= 4 is 12.0 Å². The molecule has 1 unspecified atom stereocenters. The van der Waals surface area contributed by atoms with Gasteiger partial charge in [0.05, 0.1) is 6.42 Å². The van der Waals surface area contributed by atoms with Crippen LogP contribution in [0.2, 0.25) is 0 Å². The second kappa shape index (κ2) is 6.27. The van der Waals surface area contributed by atoms with Gasteiger partial charge in [-0.25, -0.2) is 4.79 Å². The van der Waals surface area contributed by atoms with Crippen LogP contribution in [0, 0.1) is 0 Å². The molecule has 0 aromatic rings. The van der Waals surface area contributed by atoms with E-state index in [-0.39, 0.29) is 18.5 Å². The smallest absolute Gasteiger partial charge is 0.317 e. The normalized spacial score (nSPS) is 17.3. The Hall–Kier alpha value is -1.52. The van der Waals surface area contributed by atoms with E-state index in [1.165, 1.54) is 5.57 Å². The Morgan fingerprint density at radius 1 is 1.59 bits per heavy atom. The quantitative estimate of drug-likeness (QED) is 0.733. The molecule has 0 spiro atoms. The summed E-state index contributed by atoms with van der Waals surface area (Å²) in [5, 5.41) is 11.5. The van der Waals surface area contributed by atoms with Gasteiger partial charge in [-0.3, -0.25) is 4.79 Å². The molecule has 2 N–H and O–H groups in total. The Kier molecular flexibility index (Phi) is 5.00. The molecule has 1 rings (SSSR count). The number of aliphatic carboxylic acids is 1. The standard InChI is InChI=1S/C12H20N2O3/c1-3-10(8-11(15)16)13-12(17)14-6-4-9(2)5-7-14/h4,10H,3,5-8H2,1-2H3,(H,13,17)(H,15,16). The van der Waals surface area contributed by atoms with E-state index >= 15 is 0 Å². The van der Waals surface area contributed by atoms with Gasteiger partial charge in [-0.05, 0) is 19.8 Å². The molecule has 0 saturated heterocycles. The van der Waals surface area contributed by atoms with Crippen LogP contribution in [-0.4, -0.2) is 41.1 Å². The SMILES string of the molecule is CCC(CC(=O)O)NC(=O)N1CC=C(C)CC1. The molecular weight excluding hydrogens is 220 g/mol. The first kappa shape index (κ1) is 13.5. The largest absolute Gasteiger partial charge is 0.481 e. The van der Waals surface area contributed by atoms with Crippen LogP contribution in [0.4, 0.5) is 4.79 Å². The molecule has 17 heavy (non-hydrogen) atoms. The van der Waals surface area contributed by atoms with E-state index in [2.05, 4.69) is 12.2 Å². The maximum absolute atomic E-state index is 11.8. The number of amides is 2. The fourth-order valence-corrected chi connectivity index (χ4v) is 1.73. The third-order valence-electron chi connectivity index (χ3n) is 2.96. The summed E-state index contributed by atoms with van der Waals surface area (Å²) in [5.41, 5.74) is 1.30. The van der Waals surface area contributed by atoms with Crippen molar-refractivity contribution in [2.24, 2.45) is 0 Å². The summed E-state index contributed by atoms with van der Waals surface area (Å²) in [4.78, 5) is 24.1. The second-order valence-corrected chi connectivity index (χ2v) is 4.40. The number of rotatable bonds is 4. The van der Waals surface area contributed by atoms with Crippen molar-refractivity contribution in [3.63, 3.8) is 0 Å². The van der Waals surface area contributed by atoms with Crippen LogP contribution in [0.15, 0.2) is 11.6 Å². The van der Waals surface area contributed by atoms with E-state index in [9.17, 15) is 9.59 Å². The van der Waals surface area contributed by atoms with Gasteiger partial charge in [0, 0.05) is 19.1 Å². The van der Waals surface area contributed by atoms with E-state index < -0.39 is 5.97 Å². The first-order valence-corrected chi connectivity index (χ1v) is 5.95. The first-order valence-electron chi connectivity index (χ1n) is 5.95. The number of carbonyl (C=O) groups excluding carboxylic acids is 1. The van der Waals surface area contributed by atoms with Crippen LogP contribution >= 0.6 is 0 Å². The van der Waals surface area contributed by atoms with Gasteiger partial charge in [-0.1, -0.05) is 18.6 Å². The summed E-state index contributed by atoms with van der Waals surface area (Å²) in [6.07, 6.45) is 3.52. The third kappa shape index (κ3) is 4.46. The zero-order valence-corrected chi connectivity index (χ0v) is 10.4. The summed E-state index contributed by atoms with van der Waals surface area (Å²) in [7, 11) is 0. The summed E-state index contributed by atoms with van der Waals surface area (Å²) in [6.45, 7) is 5.24. The van der Waals surface area contributed by atoms with Crippen molar-refractivity contribution in [1.82, 2.24) is 10.2 Å². The predicted molar refractivity (Wildman–Crippen MR) is 64.8 cm³/mol. The van der Waals surface area contributed by atoms with E-state index in [0.717, 1.165) is 6.42 Å².